The van der Waals surface area contributed by atoms with Gasteiger partial charge < -0.3 is 15.5 Å². The highest BCUT2D eigenvalue weighted by Crippen LogP contribution is 2.28. The molecule has 0 fully saturated rings. The van der Waals surface area contributed by atoms with Crippen LogP contribution in [0.4, 0.5) is 5.69 Å². The summed E-state index contributed by atoms with van der Waals surface area (Å²) in [5.74, 6) is 0.146. The Hall–Kier alpha value is -1.55. The molecular weight excluding hydrogens is 250 g/mol. The van der Waals surface area contributed by atoms with Crippen LogP contribution in [0.3, 0.4) is 0 Å². The van der Waals surface area contributed by atoms with E-state index >= 15 is 0 Å². The van der Waals surface area contributed by atoms with Crippen molar-refractivity contribution in [3.63, 3.8) is 0 Å². The molecule has 4 heteroatoms. The molecule has 0 saturated carbocycles. The van der Waals surface area contributed by atoms with Gasteiger partial charge in [-0.2, -0.15) is 0 Å². The molecule has 1 aliphatic heterocycles. The molecule has 2 rings (SSSR count). The highest BCUT2D eigenvalue weighted by Gasteiger charge is 2.30. The fourth-order valence-corrected chi connectivity index (χ4v) is 2.48. The molecule has 1 aromatic carbocycles. The quantitative estimate of drug-likeness (QED) is 0.879. The van der Waals surface area contributed by atoms with E-state index in [1.54, 1.807) is 0 Å². The number of nitrogens with zero attached hydrogens (tertiary/aromatic N) is 1. The highest BCUT2D eigenvalue weighted by atomic mass is 16.1. The molecule has 0 radical (unpaired) electrons. The van der Waals surface area contributed by atoms with Crippen molar-refractivity contribution in [1.82, 2.24) is 10.2 Å². The van der Waals surface area contributed by atoms with E-state index in [0.29, 0.717) is 12.6 Å². The maximum Gasteiger partial charge on any atom is 0.225 e. The summed E-state index contributed by atoms with van der Waals surface area (Å²) in [6.45, 7) is 4.88. The minimum absolute atomic E-state index is 0.000683. The number of amides is 1. The summed E-state index contributed by atoms with van der Waals surface area (Å²) in [4.78, 5) is 14.5. The van der Waals surface area contributed by atoms with Gasteiger partial charge in [0.05, 0.1) is 5.92 Å². The van der Waals surface area contributed by atoms with Crippen LogP contribution < -0.4 is 10.6 Å². The number of benzene rings is 1. The van der Waals surface area contributed by atoms with Gasteiger partial charge in [0, 0.05) is 24.3 Å². The standard InChI is InChI=1S/C16H25N3O/c1-11(19(3)4)10-17-16(20)14-9-13-7-5-6-8-15(13)18-12(14)2/h5-8,11-12,14,18H,9-10H2,1-4H3,(H,17,20). The van der Waals surface area contributed by atoms with Gasteiger partial charge in [-0.3, -0.25) is 4.79 Å². The first kappa shape index (κ1) is 14.9. The van der Waals surface area contributed by atoms with E-state index in [1.807, 2.05) is 26.2 Å². The molecule has 1 heterocycles. The Labute approximate surface area is 121 Å². The van der Waals surface area contributed by atoms with Crippen LogP contribution in [0.5, 0.6) is 0 Å². The first-order valence-electron chi connectivity index (χ1n) is 7.27. The topological polar surface area (TPSA) is 44.4 Å². The Morgan fingerprint density at radius 1 is 1.45 bits per heavy atom. The summed E-state index contributed by atoms with van der Waals surface area (Å²) in [5, 5.41) is 6.50. The van der Waals surface area contributed by atoms with Crippen LogP contribution >= 0.6 is 0 Å². The molecule has 1 aromatic rings. The average Bonchev–Trinajstić information content (AvgIpc) is 2.43. The van der Waals surface area contributed by atoms with Crippen LogP contribution in [0.2, 0.25) is 0 Å². The summed E-state index contributed by atoms with van der Waals surface area (Å²) in [5.41, 5.74) is 2.39. The lowest BCUT2D eigenvalue weighted by Crippen LogP contribution is -2.46. The lowest BCUT2D eigenvalue weighted by atomic mass is 9.87. The maximum atomic E-state index is 12.4. The number of carbonyl (C=O) groups is 1. The number of para-hydroxylation sites is 1. The molecular formula is C16H25N3O. The zero-order chi connectivity index (χ0) is 14.7. The van der Waals surface area contributed by atoms with E-state index in [-0.39, 0.29) is 17.9 Å². The van der Waals surface area contributed by atoms with Crippen LogP contribution in [-0.4, -0.2) is 43.5 Å². The second-order valence-electron chi connectivity index (χ2n) is 5.96. The van der Waals surface area contributed by atoms with Crippen molar-refractivity contribution in [3.05, 3.63) is 29.8 Å². The SMILES string of the molecule is CC1Nc2ccccc2CC1C(=O)NCC(C)N(C)C. The summed E-state index contributed by atoms with van der Waals surface area (Å²) in [6.07, 6.45) is 0.812. The van der Waals surface area contributed by atoms with Gasteiger partial charge in [-0.25, -0.2) is 0 Å². The fraction of sp³-hybridized carbons (Fsp3) is 0.562. The highest BCUT2D eigenvalue weighted by molar-refractivity contribution is 5.81. The molecule has 3 atom stereocenters. The van der Waals surface area contributed by atoms with Crippen LogP contribution in [0.25, 0.3) is 0 Å². The van der Waals surface area contributed by atoms with E-state index < -0.39 is 0 Å². The lowest BCUT2D eigenvalue weighted by Gasteiger charge is -2.32. The minimum atomic E-state index is -0.000683. The summed E-state index contributed by atoms with van der Waals surface area (Å²) in [7, 11) is 4.05. The van der Waals surface area contributed by atoms with E-state index in [0.717, 1.165) is 12.1 Å². The van der Waals surface area contributed by atoms with Gasteiger partial charge in [-0.05, 0) is 46.0 Å². The molecule has 0 saturated heterocycles. The molecule has 2 N–H and O–H groups in total. The Morgan fingerprint density at radius 2 is 2.15 bits per heavy atom. The molecule has 0 aliphatic carbocycles. The van der Waals surface area contributed by atoms with Crippen molar-refractivity contribution >= 4 is 11.6 Å². The minimum Gasteiger partial charge on any atom is -0.382 e. The van der Waals surface area contributed by atoms with E-state index in [2.05, 4.69) is 41.5 Å². The van der Waals surface area contributed by atoms with Gasteiger partial charge in [0.15, 0.2) is 0 Å². The van der Waals surface area contributed by atoms with E-state index in [4.69, 9.17) is 0 Å². The van der Waals surface area contributed by atoms with Crippen LogP contribution in [-0.2, 0) is 11.2 Å². The predicted octanol–water partition coefficient (Wildman–Crippen LogP) is 1.73. The molecule has 0 aromatic heterocycles. The Balaban J connectivity index is 1.97. The second kappa shape index (κ2) is 6.27. The number of likely N-dealkylation sites (N-methyl/N-ethyl adjacent to an activating group) is 1. The lowest BCUT2D eigenvalue weighted by molar-refractivity contribution is -0.125. The third-order valence-electron chi connectivity index (χ3n) is 4.23. The zero-order valence-electron chi connectivity index (χ0n) is 12.8. The Kier molecular flexibility index (Phi) is 4.65. The van der Waals surface area contributed by atoms with Gasteiger partial charge in [0.2, 0.25) is 5.91 Å². The number of hydrogen-bond acceptors (Lipinski definition) is 3. The van der Waals surface area contributed by atoms with Crippen molar-refractivity contribution in [2.24, 2.45) is 5.92 Å². The molecule has 0 bridgehead atoms. The number of anilines is 1. The Bertz CT molecular complexity index is 473. The second-order valence-corrected chi connectivity index (χ2v) is 5.96. The van der Waals surface area contributed by atoms with Gasteiger partial charge in [0.1, 0.15) is 0 Å². The number of hydrogen-bond donors (Lipinski definition) is 2. The van der Waals surface area contributed by atoms with Crippen LogP contribution in [0.15, 0.2) is 24.3 Å². The molecule has 20 heavy (non-hydrogen) atoms. The molecule has 3 unspecified atom stereocenters. The van der Waals surface area contributed by atoms with Crippen LogP contribution in [0, 0.1) is 5.92 Å². The van der Waals surface area contributed by atoms with Crippen LogP contribution in [0.1, 0.15) is 19.4 Å². The average molecular weight is 275 g/mol. The summed E-state index contributed by atoms with van der Waals surface area (Å²) in [6, 6.07) is 8.74. The molecule has 4 nitrogen and oxygen atoms in total. The summed E-state index contributed by atoms with van der Waals surface area (Å²) < 4.78 is 0. The normalized spacial score (nSPS) is 22.9. The third-order valence-corrected chi connectivity index (χ3v) is 4.23. The number of nitrogens with one attached hydrogen (secondary N) is 2. The summed E-state index contributed by atoms with van der Waals surface area (Å²) >= 11 is 0. The van der Waals surface area contributed by atoms with Gasteiger partial charge in [-0.15, -0.1) is 0 Å². The monoisotopic (exact) mass is 275 g/mol. The van der Waals surface area contributed by atoms with E-state index in [9.17, 15) is 4.79 Å². The molecule has 1 aliphatic rings. The van der Waals surface area contributed by atoms with Crippen molar-refractivity contribution in [2.75, 3.05) is 26.0 Å². The molecule has 110 valence electrons. The van der Waals surface area contributed by atoms with Gasteiger partial charge >= 0.3 is 0 Å². The first-order valence-corrected chi connectivity index (χ1v) is 7.27. The van der Waals surface area contributed by atoms with Crippen molar-refractivity contribution in [2.45, 2.75) is 32.4 Å². The van der Waals surface area contributed by atoms with Crippen molar-refractivity contribution < 1.29 is 4.79 Å². The largest absolute Gasteiger partial charge is 0.382 e. The number of rotatable bonds is 4. The molecule has 1 amide bonds. The van der Waals surface area contributed by atoms with Crippen molar-refractivity contribution in [1.29, 1.82) is 0 Å². The third kappa shape index (κ3) is 3.31. The van der Waals surface area contributed by atoms with Gasteiger partial charge in [0.25, 0.3) is 0 Å². The smallest absolute Gasteiger partial charge is 0.225 e. The molecule has 0 spiro atoms. The fourth-order valence-electron chi connectivity index (χ4n) is 2.48. The van der Waals surface area contributed by atoms with Crippen molar-refractivity contribution in [3.8, 4) is 0 Å². The predicted molar refractivity (Wildman–Crippen MR) is 82.9 cm³/mol. The van der Waals surface area contributed by atoms with E-state index in [1.165, 1.54) is 5.56 Å². The Morgan fingerprint density at radius 3 is 2.85 bits per heavy atom. The zero-order valence-corrected chi connectivity index (χ0v) is 12.8. The number of fused-ring (bicyclic) bond motifs is 1. The van der Waals surface area contributed by atoms with Gasteiger partial charge in [-0.1, -0.05) is 18.2 Å². The maximum absolute atomic E-state index is 12.4. The number of carbonyl (C=O) groups excluding carboxylic acids is 1. The first-order chi connectivity index (χ1) is 9.49.